The highest BCUT2D eigenvalue weighted by Crippen LogP contribution is 2.40. The Labute approximate surface area is 117 Å². The number of nitrogens with zero attached hydrogens (tertiary/aromatic N) is 1. The van der Waals surface area contributed by atoms with Gasteiger partial charge in [-0.2, -0.15) is 0 Å². The molecule has 0 unspecified atom stereocenters. The summed E-state index contributed by atoms with van der Waals surface area (Å²) in [5.74, 6) is 0.868. The van der Waals surface area contributed by atoms with Crippen molar-refractivity contribution in [2.75, 3.05) is 19.6 Å². The molecule has 1 saturated heterocycles. The minimum atomic E-state index is 0.715. The van der Waals surface area contributed by atoms with Crippen molar-refractivity contribution in [2.45, 2.75) is 51.1 Å². The summed E-state index contributed by atoms with van der Waals surface area (Å²) >= 11 is 0. The van der Waals surface area contributed by atoms with Gasteiger partial charge in [0.25, 0.3) is 0 Å². The van der Waals surface area contributed by atoms with Gasteiger partial charge >= 0.3 is 0 Å². The molecule has 1 aliphatic carbocycles. The van der Waals surface area contributed by atoms with Gasteiger partial charge in [0.15, 0.2) is 0 Å². The lowest BCUT2D eigenvalue weighted by Crippen LogP contribution is -2.42. The summed E-state index contributed by atoms with van der Waals surface area (Å²) in [5.41, 5.74) is 3.02. The van der Waals surface area contributed by atoms with Gasteiger partial charge in [-0.15, -0.1) is 0 Å². The summed E-state index contributed by atoms with van der Waals surface area (Å²) in [6.07, 6.45) is 5.39. The van der Waals surface area contributed by atoms with Crippen LogP contribution < -0.4 is 5.32 Å². The second kappa shape index (κ2) is 6.06. The van der Waals surface area contributed by atoms with Crippen molar-refractivity contribution in [3.63, 3.8) is 0 Å². The zero-order chi connectivity index (χ0) is 13.1. The fourth-order valence-corrected chi connectivity index (χ4v) is 3.09. The predicted molar refractivity (Wildman–Crippen MR) is 80.4 cm³/mol. The molecule has 0 atom stereocenters. The Balaban J connectivity index is 1.48. The highest BCUT2D eigenvalue weighted by atomic mass is 15.1. The van der Waals surface area contributed by atoms with Crippen molar-refractivity contribution in [1.29, 1.82) is 0 Å². The minimum absolute atomic E-state index is 0.715. The van der Waals surface area contributed by atoms with E-state index in [1.807, 2.05) is 0 Å². The lowest BCUT2D eigenvalue weighted by molar-refractivity contribution is 0.206. The number of benzene rings is 1. The summed E-state index contributed by atoms with van der Waals surface area (Å²) in [7, 11) is 0. The first kappa shape index (κ1) is 13.1. The molecular formula is C17H26N2. The van der Waals surface area contributed by atoms with Crippen LogP contribution in [0.15, 0.2) is 24.3 Å². The largest absolute Gasteiger partial charge is 0.310 e. The Kier molecular flexibility index (Phi) is 4.19. The van der Waals surface area contributed by atoms with Crippen LogP contribution in [0.3, 0.4) is 0 Å². The summed E-state index contributed by atoms with van der Waals surface area (Å²) in [4.78, 5) is 2.55. The second-order valence-electron chi connectivity index (χ2n) is 6.11. The topological polar surface area (TPSA) is 15.3 Å². The quantitative estimate of drug-likeness (QED) is 0.873. The maximum absolute atomic E-state index is 3.74. The van der Waals surface area contributed by atoms with Crippen LogP contribution in [-0.4, -0.2) is 30.6 Å². The van der Waals surface area contributed by atoms with Crippen molar-refractivity contribution in [3.05, 3.63) is 35.4 Å². The smallest absolute Gasteiger partial charge is 0.0208 e. The van der Waals surface area contributed by atoms with Gasteiger partial charge in [0, 0.05) is 12.6 Å². The van der Waals surface area contributed by atoms with Gasteiger partial charge in [-0.25, -0.2) is 0 Å². The third-order valence-corrected chi connectivity index (χ3v) is 4.63. The Bertz CT molecular complexity index is 403. The monoisotopic (exact) mass is 258 g/mol. The molecule has 0 spiro atoms. The van der Waals surface area contributed by atoms with Gasteiger partial charge in [-0.3, -0.25) is 0 Å². The molecule has 104 valence electrons. The maximum atomic E-state index is 3.74. The van der Waals surface area contributed by atoms with Gasteiger partial charge < -0.3 is 10.2 Å². The van der Waals surface area contributed by atoms with E-state index in [2.05, 4.69) is 41.4 Å². The molecule has 1 N–H and O–H groups in total. The first-order valence-corrected chi connectivity index (χ1v) is 7.89. The van der Waals surface area contributed by atoms with E-state index < -0.39 is 0 Å². The SMILES string of the molecule is CCN1CCC(NCc2cccc(C3CC3)c2)CC1. The molecule has 1 aromatic rings. The summed E-state index contributed by atoms with van der Waals surface area (Å²) < 4.78 is 0. The highest BCUT2D eigenvalue weighted by Gasteiger charge is 2.23. The fraction of sp³-hybridized carbons (Fsp3) is 0.647. The Morgan fingerprint density at radius 1 is 1.16 bits per heavy atom. The molecule has 3 rings (SSSR count). The van der Waals surface area contributed by atoms with E-state index in [1.165, 1.54) is 50.9 Å². The van der Waals surface area contributed by atoms with E-state index in [1.54, 1.807) is 5.56 Å². The molecule has 0 bridgehead atoms. The Hall–Kier alpha value is -0.860. The molecular weight excluding hydrogens is 232 g/mol. The number of hydrogen-bond donors (Lipinski definition) is 1. The zero-order valence-electron chi connectivity index (χ0n) is 12.1. The number of nitrogens with one attached hydrogen (secondary N) is 1. The van der Waals surface area contributed by atoms with E-state index in [0.717, 1.165) is 12.5 Å². The maximum Gasteiger partial charge on any atom is 0.0208 e. The molecule has 1 aromatic carbocycles. The molecule has 1 heterocycles. The standard InChI is InChI=1S/C17H26N2/c1-2-19-10-8-17(9-11-19)18-13-14-4-3-5-16(12-14)15-6-7-15/h3-5,12,15,17-18H,2,6-11,13H2,1H3. The van der Waals surface area contributed by atoms with Crippen LogP contribution >= 0.6 is 0 Å². The number of rotatable bonds is 5. The van der Waals surface area contributed by atoms with Crippen LogP contribution in [0, 0.1) is 0 Å². The van der Waals surface area contributed by atoms with Crippen molar-refractivity contribution in [1.82, 2.24) is 10.2 Å². The average Bonchev–Trinajstić information content (AvgIpc) is 3.31. The second-order valence-corrected chi connectivity index (χ2v) is 6.11. The van der Waals surface area contributed by atoms with Crippen LogP contribution in [0.25, 0.3) is 0 Å². The molecule has 19 heavy (non-hydrogen) atoms. The minimum Gasteiger partial charge on any atom is -0.310 e. The van der Waals surface area contributed by atoms with Gasteiger partial charge in [-0.05, 0) is 62.4 Å². The van der Waals surface area contributed by atoms with Crippen molar-refractivity contribution in [2.24, 2.45) is 0 Å². The van der Waals surface area contributed by atoms with E-state index in [4.69, 9.17) is 0 Å². The van der Waals surface area contributed by atoms with E-state index in [-0.39, 0.29) is 0 Å². The molecule has 0 amide bonds. The van der Waals surface area contributed by atoms with Crippen molar-refractivity contribution >= 4 is 0 Å². The molecule has 2 fully saturated rings. The first-order valence-electron chi connectivity index (χ1n) is 7.89. The number of likely N-dealkylation sites (tertiary alicyclic amines) is 1. The van der Waals surface area contributed by atoms with Gasteiger partial charge in [0.2, 0.25) is 0 Å². The zero-order valence-corrected chi connectivity index (χ0v) is 12.1. The molecule has 2 nitrogen and oxygen atoms in total. The van der Waals surface area contributed by atoms with Crippen LogP contribution in [0.4, 0.5) is 0 Å². The Morgan fingerprint density at radius 2 is 1.95 bits per heavy atom. The third-order valence-electron chi connectivity index (χ3n) is 4.63. The molecule has 1 aliphatic heterocycles. The average molecular weight is 258 g/mol. The fourth-order valence-electron chi connectivity index (χ4n) is 3.09. The third kappa shape index (κ3) is 3.58. The molecule has 2 aliphatic rings. The lowest BCUT2D eigenvalue weighted by atomic mass is 10.0. The molecule has 0 radical (unpaired) electrons. The van der Waals surface area contributed by atoms with Crippen LogP contribution in [-0.2, 0) is 6.54 Å². The number of piperidine rings is 1. The first-order chi connectivity index (χ1) is 9.35. The van der Waals surface area contributed by atoms with Crippen LogP contribution in [0.2, 0.25) is 0 Å². The van der Waals surface area contributed by atoms with E-state index in [9.17, 15) is 0 Å². The van der Waals surface area contributed by atoms with Crippen molar-refractivity contribution < 1.29 is 0 Å². The molecule has 0 aromatic heterocycles. The van der Waals surface area contributed by atoms with Gasteiger partial charge in [0.1, 0.15) is 0 Å². The summed E-state index contributed by atoms with van der Waals surface area (Å²) in [5, 5.41) is 3.74. The van der Waals surface area contributed by atoms with Gasteiger partial charge in [-0.1, -0.05) is 31.2 Å². The Morgan fingerprint density at radius 3 is 2.63 bits per heavy atom. The predicted octanol–water partition coefficient (Wildman–Crippen LogP) is 3.14. The van der Waals surface area contributed by atoms with Crippen LogP contribution in [0.5, 0.6) is 0 Å². The van der Waals surface area contributed by atoms with Gasteiger partial charge in [0.05, 0.1) is 0 Å². The molecule has 2 heteroatoms. The van der Waals surface area contributed by atoms with Crippen LogP contribution in [0.1, 0.15) is 49.7 Å². The summed E-state index contributed by atoms with van der Waals surface area (Å²) in [6.45, 7) is 7.02. The van der Waals surface area contributed by atoms with Crippen molar-refractivity contribution in [3.8, 4) is 0 Å². The molecule has 1 saturated carbocycles. The number of hydrogen-bond acceptors (Lipinski definition) is 2. The lowest BCUT2D eigenvalue weighted by Gasteiger charge is -2.31. The van der Waals surface area contributed by atoms with E-state index in [0.29, 0.717) is 6.04 Å². The normalized spacial score (nSPS) is 21.7. The van der Waals surface area contributed by atoms with E-state index >= 15 is 0 Å². The summed E-state index contributed by atoms with van der Waals surface area (Å²) in [6, 6.07) is 9.91. The highest BCUT2D eigenvalue weighted by molar-refractivity contribution is 5.29.